The Hall–Kier alpha value is -3.72. The van der Waals surface area contributed by atoms with E-state index in [9.17, 15) is 14.7 Å². The van der Waals surface area contributed by atoms with Crippen molar-refractivity contribution in [1.82, 2.24) is 19.7 Å². The lowest BCUT2D eigenvalue weighted by Gasteiger charge is -2.26. The first kappa shape index (κ1) is 25.0. The fraction of sp³-hybridized carbons (Fsp3) is 0.111. The van der Waals surface area contributed by atoms with Crippen LogP contribution < -0.4 is 11.2 Å². The Bertz CT molecular complexity index is 1720. The van der Waals surface area contributed by atoms with E-state index in [4.69, 9.17) is 28.2 Å². The second kappa shape index (κ2) is 9.63. The van der Waals surface area contributed by atoms with Crippen LogP contribution in [0.4, 0.5) is 0 Å². The fourth-order valence-corrected chi connectivity index (χ4v) is 6.29. The Balaban J connectivity index is 1.66. The van der Waals surface area contributed by atoms with Gasteiger partial charge in [0.25, 0.3) is 5.56 Å². The van der Waals surface area contributed by atoms with E-state index in [0.717, 1.165) is 37.6 Å². The lowest BCUT2D eigenvalue weighted by atomic mass is 9.85. The number of aromatic amines is 1. The Morgan fingerprint density at radius 2 is 1.62 bits per heavy atom. The van der Waals surface area contributed by atoms with E-state index in [1.54, 1.807) is 30.3 Å². The molecule has 37 heavy (non-hydrogen) atoms. The molecule has 5 aromatic rings. The minimum Gasteiger partial charge on any atom is -0.508 e. The molecule has 7 nitrogen and oxygen atoms in total. The van der Waals surface area contributed by atoms with Crippen LogP contribution in [-0.4, -0.2) is 24.9 Å². The minimum absolute atomic E-state index is 0.165. The van der Waals surface area contributed by atoms with Gasteiger partial charge in [0.1, 0.15) is 17.0 Å². The van der Waals surface area contributed by atoms with Gasteiger partial charge in [-0.2, -0.15) is 9.78 Å². The van der Waals surface area contributed by atoms with E-state index in [2.05, 4.69) is 10.1 Å². The van der Waals surface area contributed by atoms with Crippen molar-refractivity contribution in [2.45, 2.75) is 19.3 Å². The second-order valence-corrected chi connectivity index (χ2v) is 10.7. The third kappa shape index (κ3) is 4.71. The van der Waals surface area contributed by atoms with Crippen molar-refractivity contribution in [3.8, 4) is 33.1 Å². The topological polar surface area (TPSA) is 101 Å². The van der Waals surface area contributed by atoms with Crippen molar-refractivity contribution < 1.29 is 5.11 Å². The summed E-state index contributed by atoms with van der Waals surface area (Å²) in [5.41, 5.74) is 1.50. The molecule has 0 fully saturated rings. The number of hydrogen-bond acceptors (Lipinski definition) is 6. The van der Waals surface area contributed by atoms with E-state index in [1.807, 2.05) is 50.2 Å². The Morgan fingerprint density at radius 1 is 0.946 bits per heavy atom. The molecule has 5 rings (SSSR count). The van der Waals surface area contributed by atoms with Crippen LogP contribution in [0.25, 0.3) is 27.4 Å². The average Bonchev–Trinajstić information content (AvgIpc) is 3.31. The smallest absolute Gasteiger partial charge is 0.349 e. The predicted molar refractivity (Wildman–Crippen MR) is 147 cm³/mol. The van der Waals surface area contributed by atoms with Crippen LogP contribution in [0.5, 0.6) is 5.75 Å². The van der Waals surface area contributed by atoms with Gasteiger partial charge in [-0.1, -0.05) is 65.7 Å². The highest BCUT2D eigenvalue weighted by atomic mass is 35.5. The van der Waals surface area contributed by atoms with Crippen LogP contribution in [0.1, 0.15) is 24.4 Å². The molecule has 0 saturated heterocycles. The van der Waals surface area contributed by atoms with Gasteiger partial charge in [0.05, 0.1) is 16.3 Å². The monoisotopic (exact) mass is 550 g/mol. The molecule has 0 spiro atoms. The number of rotatable bonds is 5. The standard InChI is InChI=1S/C27H20Cl2N4O3S/c1-27(2,22-19(28)12-17(13-20(22)29)33-26(36)31-21(35)14-30-33)25-32-23(15-7-4-3-5-8-15)24(37-25)16-9-6-10-18(34)11-16/h3-14,34H,1-2H3,(H,31,35,36). The quantitative estimate of drug-likeness (QED) is 0.277. The van der Waals surface area contributed by atoms with Gasteiger partial charge in [0, 0.05) is 26.6 Å². The highest BCUT2D eigenvalue weighted by Crippen LogP contribution is 2.47. The summed E-state index contributed by atoms with van der Waals surface area (Å²) < 4.78 is 1.02. The minimum atomic E-state index is -0.723. The van der Waals surface area contributed by atoms with Gasteiger partial charge < -0.3 is 5.11 Å². The van der Waals surface area contributed by atoms with Gasteiger partial charge in [-0.3, -0.25) is 9.78 Å². The molecule has 0 aliphatic heterocycles. The van der Waals surface area contributed by atoms with Crippen molar-refractivity contribution in [3.05, 3.63) is 114 Å². The SMILES string of the molecule is CC(C)(c1nc(-c2ccccc2)c(-c2cccc(O)c2)s1)c1c(Cl)cc(-n2ncc(=O)[nH]c2=O)cc1Cl. The molecule has 0 radical (unpaired) electrons. The summed E-state index contributed by atoms with van der Waals surface area (Å²) in [5, 5.41) is 15.4. The van der Waals surface area contributed by atoms with Crippen LogP contribution in [-0.2, 0) is 5.41 Å². The molecule has 2 heterocycles. The summed E-state index contributed by atoms with van der Waals surface area (Å²) in [6, 6.07) is 20.0. The van der Waals surface area contributed by atoms with Gasteiger partial charge in [-0.15, -0.1) is 11.3 Å². The van der Waals surface area contributed by atoms with Crippen LogP contribution in [0.15, 0.2) is 82.5 Å². The maximum Gasteiger partial charge on any atom is 0.349 e. The first-order chi connectivity index (χ1) is 17.6. The summed E-state index contributed by atoms with van der Waals surface area (Å²) in [7, 11) is 0. The van der Waals surface area contributed by atoms with Crippen molar-refractivity contribution in [2.75, 3.05) is 0 Å². The first-order valence-corrected chi connectivity index (χ1v) is 12.8. The Morgan fingerprint density at radius 3 is 2.27 bits per heavy atom. The molecule has 10 heteroatoms. The summed E-state index contributed by atoms with van der Waals surface area (Å²) in [4.78, 5) is 31.7. The van der Waals surface area contributed by atoms with Crippen molar-refractivity contribution in [3.63, 3.8) is 0 Å². The van der Waals surface area contributed by atoms with Crippen molar-refractivity contribution in [2.24, 2.45) is 0 Å². The average molecular weight is 551 g/mol. The Labute approximate surface area is 225 Å². The summed E-state index contributed by atoms with van der Waals surface area (Å²) in [6.45, 7) is 3.95. The molecule has 0 unspecified atom stereocenters. The molecule has 0 aliphatic carbocycles. The second-order valence-electron chi connectivity index (χ2n) is 8.87. The van der Waals surface area contributed by atoms with Crippen molar-refractivity contribution >= 4 is 34.5 Å². The van der Waals surface area contributed by atoms with Crippen molar-refractivity contribution in [1.29, 1.82) is 0 Å². The third-order valence-electron chi connectivity index (χ3n) is 5.93. The van der Waals surface area contributed by atoms with Gasteiger partial charge in [0.15, 0.2) is 0 Å². The van der Waals surface area contributed by atoms with E-state index in [0.29, 0.717) is 21.3 Å². The number of aromatic nitrogens is 4. The molecule has 2 aromatic heterocycles. The maximum atomic E-state index is 12.2. The molecule has 0 atom stereocenters. The molecule has 186 valence electrons. The normalized spacial score (nSPS) is 11.6. The fourth-order valence-electron chi connectivity index (χ4n) is 4.15. The summed E-state index contributed by atoms with van der Waals surface area (Å²) in [6.07, 6.45) is 1.00. The number of hydrogen-bond donors (Lipinski definition) is 2. The number of nitrogens with one attached hydrogen (secondary N) is 1. The number of phenolic OH excluding ortho intramolecular Hbond substituents is 1. The lowest BCUT2D eigenvalue weighted by Crippen LogP contribution is -2.30. The molecular weight excluding hydrogens is 531 g/mol. The zero-order chi connectivity index (χ0) is 26.3. The number of benzene rings is 3. The van der Waals surface area contributed by atoms with Gasteiger partial charge in [-0.25, -0.2) is 9.78 Å². The van der Waals surface area contributed by atoms with Gasteiger partial charge >= 0.3 is 5.69 Å². The number of phenols is 1. The number of H-pyrrole nitrogens is 1. The predicted octanol–water partition coefficient (Wildman–Crippen LogP) is 6.05. The van der Waals surface area contributed by atoms with E-state index < -0.39 is 16.7 Å². The van der Waals surface area contributed by atoms with E-state index in [1.165, 1.54) is 11.3 Å². The molecular formula is C27H20Cl2N4O3S. The molecule has 2 N–H and O–H groups in total. The van der Waals surface area contributed by atoms with Gasteiger partial charge in [0.2, 0.25) is 0 Å². The van der Waals surface area contributed by atoms with Crippen LogP contribution in [0.2, 0.25) is 10.0 Å². The highest BCUT2D eigenvalue weighted by molar-refractivity contribution is 7.16. The van der Waals surface area contributed by atoms with E-state index >= 15 is 0 Å². The van der Waals surface area contributed by atoms with E-state index in [-0.39, 0.29) is 5.75 Å². The summed E-state index contributed by atoms with van der Waals surface area (Å²) >= 11 is 15.0. The van der Waals surface area contributed by atoms with Crippen LogP contribution in [0, 0.1) is 0 Å². The molecule has 0 bridgehead atoms. The molecule has 0 amide bonds. The van der Waals surface area contributed by atoms with Crippen LogP contribution >= 0.6 is 34.5 Å². The van der Waals surface area contributed by atoms with Gasteiger partial charge in [-0.05, 0) is 43.7 Å². The number of nitrogens with zero attached hydrogens (tertiary/aromatic N) is 3. The first-order valence-electron chi connectivity index (χ1n) is 11.2. The lowest BCUT2D eigenvalue weighted by molar-refractivity contribution is 0.475. The summed E-state index contributed by atoms with van der Waals surface area (Å²) in [5.74, 6) is 0.165. The zero-order valence-corrected chi connectivity index (χ0v) is 22.0. The largest absolute Gasteiger partial charge is 0.508 e. The number of aromatic hydroxyl groups is 1. The Kier molecular flexibility index (Phi) is 6.49. The maximum absolute atomic E-state index is 12.2. The number of halogens is 2. The highest BCUT2D eigenvalue weighted by Gasteiger charge is 2.33. The van der Waals surface area contributed by atoms with Crippen LogP contribution in [0.3, 0.4) is 0 Å². The zero-order valence-electron chi connectivity index (χ0n) is 19.7. The molecule has 3 aromatic carbocycles. The number of thiazole rings is 1. The molecule has 0 aliphatic rings. The third-order valence-corrected chi connectivity index (χ3v) is 7.95. The molecule has 0 saturated carbocycles.